The minimum absolute atomic E-state index is 0.0185. The van der Waals surface area contributed by atoms with Gasteiger partial charge in [0.2, 0.25) is 0 Å². The van der Waals surface area contributed by atoms with E-state index in [2.05, 4.69) is 4.72 Å². The summed E-state index contributed by atoms with van der Waals surface area (Å²) in [6, 6.07) is 11.8. The lowest BCUT2D eigenvalue weighted by molar-refractivity contribution is -0.384. The Hall–Kier alpha value is -2.41. The van der Waals surface area contributed by atoms with Gasteiger partial charge in [-0.3, -0.25) is 14.8 Å². The van der Waals surface area contributed by atoms with Crippen molar-refractivity contribution in [3.63, 3.8) is 0 Å². The molecular weight excluding hydrogens is 292 g/mol. The number of anilines is 1. The van der Waals surface area contributed by atoms with E-state index in [0.29, 0.717) is 5.69 Å². The highest BCUT2D eigenvalue weighted by molar-refractivity contribution is 7.92. The second-order valence-corrected chi connectivity index (χ2v) is 6.09. The Morgan fingerprint density at radius 1 is 1.14 bits per heavy atom. The molecule has 0 heterocycles. The van der Waals surface area contributed by atoms with Gasteiger partial charge in [-0.2, -0.15) is 0 Å². The number of rotatable bonds is 5. The smallest absolute Gasteiger partial charge is 0.269 e. The Morgan fingerprint density at radius 2 is 1.81 bits per heavy atom. The summed E-state index contributed by atoms with van der Waals surface area (Å²) >= 11 is 0. The van der Waals surface area contributed by atoms with E-state index in [1.165, 1.54) is 12.1 Å². The van der Waals surface area contributed by atoms with Gasteiger partial charge in [0, 0.05) is 17.8 Å². The second-order valence-electron chi connectivity index (χ2n) is 4.41. The molecule has 6 nitrogen and oxygen atoms in total. The van der Waals surface area contributed by atoms with Crippen LogP contribution in [-0.2, 0) is 16.4 Å². The number of nitro groups is 1. The molecule has 0 aliphatic heterocycles. The van der Waals surface area contributed by atoms with Gasteiger partial charge in [-0.15, -0.1) is 0 Å². The Bertz CT molecular complexity index is 755. The van der Waals surface area contributed by atoms with Crippen molar-refractivity contribution in [1.29, 1.82) is 0 Å². The van der Waals surface area contributed by atoms with Crippen LogP contribution in [0.5, 0.6) is 0 Å². The van der Waals surface area contributed by atoms with Crippen molar-refractivity contribution in [2.24, 2.45) is 0 Å². The maximum Gasteiger partial charge on any atom is 0.269 e. The van der Waals surface area contributed by atoms with Gasteiger partial charge in [0.25, 0.3) is 15.7 Å². The van der Waals surface area contributed by atoms with Crippen LogP contribution in [0.4, 0.5) is 11.4 Å². The van der Waals surface area contributed by atoms with Gasteiger partial charge >= 0.3 is 0 Å². The normalized spacial score (nSPS) is 11.1. The fourth-order valence-electron chi connectivity index (χ4n) is 1.82. The molecule has 0 fully saturated rings. The predicted octanol–water partition coefficient (Wildman–Crippen LogP) is 2.96. The Balaban J connectivity index is 2.27. The first-order chi connectivity index (χ1) is 9.92. The van der Waals surface area contributed by atoms with E-state index in [1.54, 1.807) is 18.2 Å². The maximum atomic E-state index is 12.2. The topological polar surface area (TPSA) is 89.3 Å². The first kappa shape index (κ1) is 15.0. The van der Waals surface area contributed by atoms with E-state index in [9.17, 15) is 18.5 Å². The average Bonchev–Trinajstić information content (AvgIpc) is 2.47. The van der Waals surface area contributed by atoms with Crippen LogP contribution in [0.15, 0.2) is 53.4 Å². The molecule has 0 saturated heterocycles. The highest BCUT2D eigenvalue weighted by Gasteiger charge is 2.16. The fraction of sp³-hybridized carbons (Fsp3) is 0.143. The number of nitro benzene ring substituents is 1. The van der Waals surface area contributed by atoms with Gasteiger partial charge in [-0.05, 0) is 36.2 Å². The molecule has 0 amide bonds. The Labute approximate surface area is 122 Å². The van der Waals surface area contributed by atoms with E-state index >= 15 is 0 Å². The highest BCUT2D eigenvalue weighted by atomic mass is 32.2. The van der Waals surface area contributed by atoms with E-state index in [4.69, 9.17) is 0 Å². The van der Waals surface area contributed by atoms with Crippen LogP contribution in [0.3, 0.4) is 0 Å². The molecule has 0 radical (unpaired) electrons. The summed E-state index contributed by atoms with van der Waals surface area (Å²) in [7, 11) is -3.75. The molecule has 1 N–H and O–H groups in total. The molecule has 0 spiro atoms. The molecule has 0 aromatic heterocycles. The molecular formula is C14H14N2O4S. The van der Waals surface area contributed by atoms with Gasteiger partial charge in [0.15, 0.2) is 0 Å². The van der Waals surface area contributed by atoms with Gasteiger partial charge in [0.05, 0.1) is 9.82 Å². The summed E-state index contributed by atoms with van der Waals surface area (Å²) in [5, 5.41) is 10.6. The first-order valence-corrected chi connectivity index (χ1v) is 7.77. The SMILES string of the molecule is CCc1cccc(NS(=O)(=O)c2ccc([N+](=O)[O-])cc2)c1. The third kappa shape index (κ3) is 3.57. The van der Waals surface area contributed by atoms with Gasteiger partial charge in [0.1, 0.15) is 0 Å². The lowest BCUT2D eigenvalue weighted by Crippen LogP contribution is -2.13. The van der Waals surface area contributed by atoms with Crippen LogP contribution >= 0.6 is 0 Å². The van der Waals surface area contributed by atoms with Gasteiger partial charge < -0.3 is 0 Å². The number of hydrogen-bond acceptors (Lipinski definition) is 4. The largest absolute Gasteiger partial charge is 0.280 e. The zero-order chi connectivity index (χ0) is 15.5. The summed E-state index contributed by atoms with van der Waals surface area (Å²) in [6.07, 6.45) is 0.799. The van der Waals surface area contributed by atoms with Crippen LogP contribution in [0.2, 0.25) is 0 Å². The third-order valence-electron chi connectivity index (χ3n) is 2.95. The minimum atomic E-state index is -3.75. The van der Waals surface area contributed by atoms with Crippen molar-refractivity contribution in [1.82, 2.24) is 0 Å². The van der Waals surface area contributed by atoms with Crippen molar-refractivity contribution in [3.05, 3.63) is 64.2 Å². The number of nitrogens with one attached hydrogen (secondary N) is 1. The number of benzene rings is 2. The number of aryl methyl sites for hydroxylation is 1. The van der Waals surface area contributed by atoms with E-state index in [-0.39, 0.29) is 10.6 Å². The lowest BCUT2D eigenvalue weighted by atomic mass is 10.1. The average molecular weight is 306 g/mol. The summed E-state index contributed by atoms with van der Waals surface area (Å²) in [4.78, 5) is 9.97. The van der Waals surface area contributed by atoms with Crippen LogP contribution < -0.4 is 4.72 Å². The molecule has 0 aliphatic rings. The van der Waals surface area contributed by atoms with Crippen molar-refractivity contribution in [3.8, 4) is 0 Å². The van der Waals surface area contributed by atoms with Crippen molar-refractivity contribution < 1.29 is 13.3 Å². The Kier molecular flexibility index (Phi) is 4.23. The molecule has 0 aliphatic carbocycles. The zero-order valence-electron chi connectivity index (χ0n) is 11.3. The highest BCUT2D eigenvalue weighted by Crippen LogP contribution is 2.20. The van der Waals surface area contributed by atoms with Crippen LogP contribution in [0, 0.1) is 10.1 Å². The van der Waals surface area contributed by atoms with Gasteiger partial charge in [-0.25, -0.2) is 8.42 Å². The molecule has 7 heteroatoms. The molecule has 2 aromatic carbocycles. The molecule has 110 valence electrons. The van der Waals surface area contributed by atoms with Crippen LogP contribution in [0.25, 0.3) is 0 Å². The summed E-state index contributed by atoms with van der Waals surface area (Å²) < 4.78 is 26.9. The van der Waals surface area contributed by atoms with E-state index in [0.717, 1.165) is 24.1 Å². The standard InChI is InChI=1S/C14H14N2O4S/c1-2-11-4-3-5-12(10-11)15-21(19,20)14-8-6-13(7-9-14)16(17)18/h3-10,15H,2H2,1H3. The predicted molar refractivity (Wildman–Crippen MR) is 79.7 cm³/mol. The Morgan fingerprint density at radius 3 is 2.38 bits per heavy atom. The van der Waals surface area contributed by atoms with Gasteiger partial charge in [-0.1, -0.05) is 19.1 Å². The first-order valence-electron chi connectivity index (χ1n) is 6.28. The maximum absolute atomic E-state index is 12.2. The molecule has 21 heavy (non-hydrogen) atoms. The monoisotopic (exact) mass is 306 g/mol. The number of sulfonamides is 1. The third-order valence-corrected chi connectivity index (χ3v) is 4.34. The molecule has 2 aromatic rings. The molecule has 0 saturated carbocycles. The van der Waals surface area contributed by atoms with Crippen molar-refractivity contribution in [2.75, 3.05) is 4.72 Å². The molecule has 0 atom stereocenters. The number of nitrogens with zero attached hydrogens (tertiary/aromatic N) is 1. The second kappa shape index (κ2) is 5.92. The molecule has 0 bridgehead atoms. The van der Waals surface area contributed by atoms with Crippen molar-refractivity contribution in [2.45, 2.75) is 18.2 Å². The minimum Gasteiger partial charge on any atom is -0.280 e. The number of non-ortho nitro benzene ring substituents is 1. The van der Waals surface area contributed by atoms with E-state index in [1.807, 2.05) is 13.0 Å². The number of hydrogen-bond donors (Lipinski definition) is 1. The summed E-state index contributed by atoms with van der Waals surface area (Å²) in [5.74, 6) is 0. The van der Waals surface area contributed by atoms with Crippen molar-refractivity contribution >= 4 is 21.4 Å². The summed E-state index contributed by atoms with van der Waals surface area (Å²) in [6.45, 7) is 1.98. The van der Waals surface area contributed by atoms with Crippen LogP contribution in [-0.4, -0.2) is 13.3 Å². The summed E-state index contributed by atoms with van der Waals surface area (Å²) in [5.41, 5.74) is 1.33. The molecule has 2 rings (SSSR count). The molecule has 0 unspecified atom stereocenters. The van der Waals surface area contributed by atoms with Crippen LogP contribution in [0.1, 0.15) is 12.5 Å². The lowest BCUT2D eigenvalue weighted by Gasteiger charge is -2.09. The quantitative estimate of drug-likeness (QED) is 0.679. The van der Waals surface area contributed by atoms with E-state index < -0.39 is 14.9 Å². The fourth-order valence-corrected chi connectivity index (χ4v) is 2.87. The zero-order valence-corrected chi connectivity index (χ0v) is 12.1.